The molecule has 1 atom stereocenters. The summed E-state index contributed by atoms with van der Waals surface area (Å²) in [4.78, 5) is 51.4. The number of carbonyl (C=O) groups is 4. The number of esters is 1. The molecule has 264 valence electrons. The average molecular weight is 764 g/mol. The Labute approximate surface area is 309 Å². The van der Waals surface area contributed by atoms with Crippen LogP contribution in [0.25, 0.3) is 0 Å². The zero-order chi connectivity index (χ0) is 35.5. The number of methoxy groups -OCH3 is 1. The molecule has 0 fully saturated rings. The molecule has 0 unspecified atom stereocenters. The van der Waals surface area contributed by atoms with Crippen LogP contribution in [-0.2, 0) is 22.5 Å². The molecule has 0 aliphatic carbocycles. The van der Waals surface area contributed by atoms with E-state index in [2.05, 4.69) is 16.0 Å². The van der Waals surface area contributed by atoms with Gasteiger partial charge in [-0.3, -0.25) is 14.4 Å². The molecule has 6 N–H and O–H groups in total. The maximum Gasteiger partial charge on any atom is 0.328 e. The first-order valence-electron chi connectivity index (χ1n) is 15.0. The van der Waals surface area contributed by atoms with Gasteiger partial charge in [-0.2, -0.15) is 0 Å². The van der Waals surface area contributed by atoms with E-state index in [1.165, 1.54) is 49.6 Å². The van der Waals surface area contributed by atoms with Crippen molar-refractivity contribution in [3.05, 3.63) is 122 Å². The highest BCUT2D eigenvalue weighted by Crippen LogP contribution is 2.31. The van der Waals surface area contributed by atoms with Crippen molar-refractivity contribution in [1.82, 2.24) is 10.6 Å². The lowest BCUT2D eigenvalue weighted by Gasteiger charge is -2.18. The van der Waals surface area contributed by atoms with Crippen LogP contribution in [-0.4, -0.2) is 55.1 Å². The average Bonchev–Trinajstić information content (AvgIpc) is 3.07. The Balaban J connectivity index is 0.00000676. The number of carbonyl (C=O) groups excluding carboxylic acids is 4. The summed E-state index contributed by atoms with van der Waals surface area (Å²) in [5, 5.41) is 17.9. The fraction of sp³-hybridized carbons (Fsp3) is 0.200. The van der Waals surface area contributed by atoms with Gasteiger partial charge >= 0.3 is 5.97 Å². The van der Waals surface area contributed by atoms with E-state index in [0.717, 1.165) is 0 Å². The number of benzene rings is 4. The summed E-state index contributed by atoms with van der Waals surface area (Å²) in [6, 6.07) is 19.1. The predicted octanol–water partition coefficient (Wildman–Crippen LogP) is 6.20. The lowest BCUT2D eigenvalue weighted by Crippen LogP contribution is -2.43. The van der Waals surface area contributed by atoms with Gasteiger partial charge in [-0.05, 0) is 78.7 Å². The van der Waals surface area contributed by atoms with Crippen molar-refractivity contribution in [1.29, 1.82) is 0 Å². The van der Waals surface area contributed by atoms with Crippen molar-refractivity contribution in [2.75, 3.05) is 25.6 Å². The maximum absolute atomic E-state index is 13.2. The molecule has 0 aliphatic rings. The van der Waals surface area contributed by atoms with Crippen LogP contribution >= 0.6 is 47.2 Å². The van der Waals surface area contributed by atoms with Gasteiger partial charge in [0.1, 0.15) is 17.5 Å². The molecule has 50 heavy (non-hydrogen) atoms. The second-order valence-corrected chi connectivity index (χ2v) is 11.9. The second kappa shape index (κ2) is 19.0. The number of anilines is 1. The van der Waals surface area contributed by atoms with Gasteiger partial charge < -0.3 is 36.3 Å². The summed E-state index contributed by atoms with van der Waals surface area (Å²) in [5.74, 6) is -1.81. The fourth-order valence-electron chi connectivity index (χ4n) is 4.64. The second-order valence-electron chi connectivity index (χ2n) is 10.7. The van der Waals surface area contributed by atoms with Gasteiger partial charge in [0.15, 0.2) is 0 Å². The van der Waals surface area contributed by atoms with E-state index in [4.69, 9.17) is 50.0 Å². The van der Waals surface area contributed by atoms with Crippen molar-refractivity contribution in [2.24, 2.45) is 5.73 Å². The van der Waals surface area contributed by atoms with Crippen molar-refractivity contribution in [2.45, 2.75) is 25.4 Å². The molecule has 0 aromatic heterocycles. The fourth-order valence-corrected chi connectivity index (χ4v) is 5.54. The molecule has 0 heterocycles. The number of ether oxygens (including phenoxy) is 2. The molecule has 0 aliphatic heterocycles. The van der Waals surface area contributed by atoms with Crippen LogP contribution in [0.5, 0.6) is 11.5 Å². The number of amides is 3. The lowest BCUT2D eigenvalue weighted by molar-refractivity contribution is -0.142. The third-order valence-electron chi connectivity index (χ3n) is 7.14. The Bertz CT molecular complexity index is 1820. The van der Waals surface area contributed by atoms with E-state index in [-0.39, 0.29) is 62.9 Å². The molecule has 0 radical (unpaired) electrons. The molecule has 4 aromatic carbocycles. The largest absolute Gasteiger partial charge is 0.508 e. The molecule has 0 saturated carbocycles. The third kappa shape index (κ3) is 11.0. The normalized spacial score (nSPS) is 11.1. The van der Waals surface area contributed by atoms with Gasteiger partial charge in [0.25, 0.3) is 17.7 Å². The van der Waals surface area contributed by atoms with E-state index in [0.29, 0.717) is 42.1 Å². The molecular formula is C35H34Cl4N4O7. The summed E-state index contributed by atoms with van der Waals surface area (Å²) in [6.07, 6.45) is 0.706. The number of hydrogen-bond acceptors (Lipinski definition) is 8. The lowest BCUT2D eigenvalue weighted by atomic mass is 10.0. The molecule has 3 amide bonds. The summed E-state index contributed by atoms with van der Waals surface area (Å²) in [7, 11) is 1.20. The minimum Gasteiger partial charge on any atom is -0.508 e. The zero-order valence-electron chi connectivity index (χ0n) is 26.6. The number of phenolic OH excluding ortho intramolecular Hbond substituents is 1. The van der Waals surface area contributed by atoms with E-state index < -0.39 is 29.7 Å². The Morgan fingerprint density at radius 3 is 2.16 bits per heavy atom. The van der Waals surface area contributed by atoms with Gasteiger partial charge in [0.05, 0.1) is 39.9 Å². The number of nitrogens with one attached hydrogen (secondary N) is 3. The Morgan fingerprint density at radius 2 is 1.54 bits per heavy atom. The Kier molecular flexibility index (Phi) is 15.2. The monoisotopic (exact) mass is 762 g/mol. The molecule has 15 heteroatoms. The minimum absolute atomic E-state index is 0. The number of aromatic hydroxyl groups is 1. The van der Waals surface area contributed by atoms with E-state index in [9.17, 15) is 24.3 Å². The molecule has 11 nitrogen and oxygen atoms in total. The zero-order valence-corrected chi connectivity index (χ0v) is 29.7. The van der Waals surface area contributed by atoms with E-state index >= 15 is 0 Å². The third-order valence-corrected chi connectivity index (χ3v) is 8.05. The highest BCUT2D eigenvalue weighted by molar-refractivity contribution is 6.40. The predicted molar refractivity (Wildman–Crippen MR) is 195 cm³/mol. The quantitative estimate of drug-likeness (QED) is 0.0748. The number of nitrogens with two attached hydrogens (primary N) is 1. The van der Waals surface area contributed by atoms with Crippen molar-refractivity contribution in [3.63, 3.8) is 0 Å². The highest BCUT2D eigenvalue weighted by Gasteiger charge is 2.24. The summed E-state index contributed by atoms with van der Waals surface area (Å²) in [5.41, 5.74) is 7.60. The van der Waals surface area contributed by atoms with E-state index in [1.807, 2.05) is 0 Å². The minimum atomic E-state index is -1.08. The van der Waals surface area contributed by atoms with Crippen LogP contribution in [0.15, 0.2) is 78.9 Å². The number of hydrogen-bond donors (Lipinski definition) is 5. The molecular weight excluding hydrogens is 730 g/mol. The van der Waals surface area contributed by atoms with E-state index in [1.54, 1.807) is 36.4 Å². The first-order chi connectivity index (χ1) is 23.5. The van der Waals surface area contributed by atoms with Crippen LogP contribution in [0.1, 0.15) is 48.6 Å². The van der Waals surface area contributed by atoms with Crippen LogP contribution in [0.4, 0.5) is 5.69 Å². The molecule has 4 aromatic rings. The van der Waals surface area contributed by atoms with Gasteiger partial charge in [-0.25, -0.2) is 4.79 Å². The van der Waals surface area contributed by atoms with Crippen molar-refractivity contribution >= 4 is 76.6 Å². The summed E-state index contributed by atoms with van der Waals surface area (Å²) in [6.45, 7) is 1.02. The number of phenols is 1. The molecule has 0 bridgehead atoms. The molecule has 4 rings (SSSR count). The Morgan fingerprint density at radius 1 is 0.840 bits per heavy atom. The first-order valence-corrected chi connectivity index (χ1v) is 16.1. The summed E-state index contributed by atoms with van der Waals surface area (Å²) >= 11 is 19.0. The van der Waals surface area contributed by atoms with Gasteiger partial charge in [-0.1, -0.05) is 59.1 Å². The smallest absolute Gasteiger partial charge is 0.328 e. The molecule has 0 spiro atoms. The van der Waals surface area contributed by atoms with Crippen LogP contribution in [0.2, 0.25) is 15.1 Å². The molecule has 0 saturated heterocycles. The van der Waals surface area contributed by atoms with Crippen molar-refractivity contribution in [3.8, 4) is 11.5 Å². The van der Waals surface area contributed by atoms with Crippen LogP contribution < -0.4 is 26.4 Å². The standard InChI is InChI=1S/C35H33Cl3N4O7.ClH/c1-48-35(47)30(42-33(45)26-11-8-22(16-27(26)36)32(44)40-19-21-4-2-5-24(43)14-21)15-20-6-9-23(10-7-20)41-34(46)31-28(37)17-25(18-29(31)38)49-13-3-12-39;/h2,4-11,14,16-18,30,43H,3,12-13,15,19,39H2,1H3,(H,40,44)(H,41,46)(H,42,45);1H/t30-;/m0./s1. The van der Waals surface area contributed by atoms with Crippen LogP contribution in [0.3, 0.4) is 0 Å². The van der Waals surface area contributed by atoms with Crippen molar-refractivity contribution < 1.29 is 33.8 Å². The maximum atomic E-state index is 13.2. The summed E-state index contributed by atoms with van der Waals surface area (Å²) < 4.78 is 10.5. The highest BCUT2D eigenvalue weighted by atomic mass is 35.5. The SMILES string of the molecule is COC(=O)[C@H](Cc1ccc(NC(=O)c2c(Cl)cc(OCCCN)cc2Cl)cc1)NC(=O)c1ccc(C(=O)NCc2cccc(O)c2)cc1Cl.Cl. The van der Waals surface area contributed by atoms with Gasteiger partial charge in [0.2, 0.25) is 0 Å². The van der Waals surface area contributed by atoms with Gasteiger partial charge in [0, 0.05) is 24.2 Å². The topological polar surface area (TPSA) is 169 Å². The first kappa shape index (κ1) is 39.9. The number of halogens is 4. The Hall–Kier alpha value is -4.52. The van der Waals surface area contributed by atoms with Crippen LogP contribution in [0, 0.1) is 0 Å². The number of rotatable bonds is 14. The van der Waals surface area contributed by atoms with Gasteiger partial charge in [-0.15, -0.1) is 12.4 Å².